The zero-order valence-electron chi connectivity index (χ0n) is 9.76. The third-order valence-corrected chi connectivity index (χ3v) is 3.12. The lowest BCUT2D eigenvalue weighted by molar-refractivity contribution is -0.384. The Morgan fingerprint density at radius 1 is 1.59 bits per heavy atom. The zero-order valence-corrected chi connectivity index (χ0v) is 9.76. The summed E-state index contributed by atoms with van der Waals surface area (Å²) >= 11 is 0. The van der Waals surface area contributed by atoms with E-state index in [2.05, 4.69) is 12.2 Å². The molecule has 2 atom stereocenters. The van der Waals surface area contributed by atoms with Crippen molar-refractivity contribution in [2.24, 2.45) is 5.92 Å². The van der Waals surface area contributed by atoms with Gasteiger partial charge in [0.2, 0.25) is 0 Å². The minimum Gasteiger partial charge on any atom is -0.382 e. The summed E-state index contributed by atoms with van der Waals surface area (Å²) in [4.78, 5) is 10.3. The molecule has 0 amide bonds. The average Bonchev–Trinajstić information content (AvgIpc) is 2.82. The van der Waals surface area contributed by atoms with Crippen molar-refractivity contribution in [3.63, 3.8) is 0 Å². The van der Waals surface area contributed by atoms with Gasteiger partial charge in [0.15, 0.2) is 0 Å². The van der Waals surface area contributed by atoms with Crippen molar-refractivity contribution in [1.29, 1.82) is 0 Å². The van der Waals surface area contributed by atoms with Crippen LogP contribution in [-0.2, 0) is 4.74 Å². The van der Waals surface area contributed by atoms with Crippen LogP contribution in [0.15, 0.2) is 24.3 Å². The van der Waals surface area contributed by atoms with Crippen molar-refractivity contribution in [2.45, 2.75) is 19.4 Å². The lowest BCUT2D eigenvalue weighted by Gasteiger charge is -2.20. The summed E-state index contributed by atoms with van der Waals surface area (Å²) in [5.74, 6) is 0.481. The van der Waals surface area contributed by atoms with Crippen molar-refractivity contribution in [1.82, 2.24) is 0 Å². The number of hydrogen-bond donors (Lipinski definition) is 1. The number of nitro groups is 1. The predicted molar refractivity (Wildman–Crippen MR) is 65.1 cm³/mol. The number of anilines is 1. The standard InChI is InChI=1S/C12H16N2O3/c1-9(10-5-6-17-8-10)13-11-3-2-4-12(7-11)14(15)16/h2-4,7,9-10,13H,5-6,8H2,1H3. The van der Waals surface area contributed by atoms with Gasteiger partial charge in [0.05, 0.1) is 11.5 Å². The molecular formula is C12H16N2O3. The number of nitrogens with zero attached hydrogens (tertiary/aromatic N) is 1. The van der Waals surface area contributed by atoms with Crippen LogP contribution in [-0.4, -0.2) is 24.2 Å². The Kier molecular flexibility index (Phi) is 3.58. The van der Waals surface area contributed by atoms with Gasteiger partial charge < -0.3 is 10.1 Å². The summed E-state index contributed by atoms with van der Waals surface area (Å²) in [5.41, 5.74) is 0.906. The molecule has 0 radical (unpaired) electrons. The molecular weight excluding hydrogens is 220 g/mol. The van der Waals surface area contributed by atoms with E-state index in [-0.39, 0.29) is 16.7 Å². The normalized spacial score (nSPS) is 21.1. The molecule has 1 aliphatic heterocycles. The molecule has 0 aromatic heterocycles. The van der Waals surface area contributed by atoms with Crippen LogP contribution in [0.1, 0.15) is 13.3 Å². The number of nitro benzene ring substituents is 1. The van der Waals surface area contributed by atoms with Gasteiger partial charge in [-0.05, 0) is 19.4 Å². The maximum atomic E-state index is 10.7. The van der Waals surface area contributed by atoms with E-state index in [1.165, 1.54) is 6.07 Å². The first kappa shape index (κ1) is 11.9. The topological polar surface area (TPSA) is 64.4 Å². The van der Waals surface area contributed by atoms with E-state index >= 15 is 0 Å². The lowest BCUT2D eigenvalue weighted by atomic mass is 10.0. The highest BCUT2D eigenvalue weighted by Crippen LogP contribution is 2.22. The van der Waals surface area contributed by atoms with E-state index in [1.807, 2.05) is 6.07 Å². The number of non-ortho nitro benzene ring substituents is 1. The van der Waals surface area contributed by atoms with Crippen molar-refractivity contribution < 1.29 is 9.66 Å². The van der Waals surface area contributed by atoms with Gasteiger partial charge in [-0.2, -0.15) is 0 Å². The Morgan fingerprint density at radius 2 is 2.41 bits per heavy atom. The zero-order chi connectivity index (χ0) is 12.3. The maximum Gasteiger partial charge on any atom is 0.271 e. The minimum absolute atomic E-state index is 0.116. The van der Waals surface area contributed by atoms with Crippen LogP contribution in [0.2, 0.25) is 0 Å². The van der Waals surface area contributed by atoms with Crippen molar-refractivity contribution >= 4 is 11.4 Å². The van der Waals surface area contributed by atoms with E-state index in [9.17, 15) is 10.1 Å². The molecule has 2 unspecified atom stereocenters. The van der Waals surface area contributed by atoms with Gasteiger partial charge in [-0.15, -0.1) is 0 Å². The molecule has 0 saturated carbocycles. The molecule has 1 fully saturated rings. The van der Waals surface area contributed by atoms with E-state index in [0.29, 0.717) is 5.92 Å². The summed E-state index contributed by atoms with van der Waals surface area (Å²) in [6, 6.07) is 6.86. The largest absolute Gasteiger partial charge is 0.382 e. The number of benzene rings is 1. The first-order valence-electron chi connectivity index (χ1n) is 5.75. The molecule has 1 aromatic carbocycles. The third kappa shape index (κ3) is 2.94. The molecule has 0 bridgehead atoms. The van der Waals surface area contributed by atoms with Crippen LogP contribution in [0.3, 0.4) is 0 Å². The second-order valence-corrected chi connectivity index (χ2v) is 4.36. The monoisotopic (exact) mass is 236 g/mol. The molecule has 17 heavy (non-hydrogen) atoms. The summed E-state index contributed by atoms with van der Waals surface area (Å²) in [6.45, 7) is 3.66. The second-order valence-electron chi connectivity index (χ2n) is 4.36. The van der Waals surface area contributed by atoms with Crippen molar-refractivity contribution in [3.8, 4) is 0 Å². The highest BCUT2D eigenvalue weighted by atomic mass is 16.6. The fraction of sp³-hybridized carbons (Fsp3) is 0.500. The number of ether oxygens (including phenoxy) is 1. The Labute approximate surface area is 99.9 Å². The molecule has 1 heterocycles. The molecule has 1 saturated heterocycles. The summed E-state index contributed by atoms with van der Waals surface area (Å²) < 4.78 is 5.33. The highest BCUT2D eigenvalue weighted by molar-refractivity contribution is 5.51. The number of nitrogens with one attached hydrogen (secondary N) is 1. The average molecular weight is 236 g/mol. The first-order chi connectivity index (χ1) is 8.16. The van der Waals surface area contributed by atoms with E-state index in [4.69, 9.17) is 4.74 Å². The van der Waals surface area contributed by atoms with E-state index in [0.717, 1.165) is 25.3 Å². The molecule has 2 rings (SSSR count). The van der Waals surface area contributed by atoms with Gasteiger partial charge in [0.1, 0.15) is 0 Å². The van der Waals surface area contributed by atoms with E-state index in [1.54, 1.807) is 12.1 Å². The first-order valence-corrected chi connectivity index (χ1v) is 5.75. The molecule has 5 heteroatoms. The van der Waals surface area contributed by atoms with Crippen LogP contribution in [0.5, 0.6) is 0 Å². The fourth-order valence-corrected chi connectivity index (χ4v) is 2.04. The van der Waals surface area contributed by atoms with Gasteiger partial charge in [-0.3, -0.25) is 10.1 Å². The van der Waals surface area contributed by atoms with Crippen LogP contribution < -0.4 is 5.32 Å². The van der Waals surface area contributed by atoms with E-state index < -0.39 is 0 Å². The Bertz CT molecular complexity index is 402. The van der Waals surface area contributed by atoms with Crippen molar-refractivity contribution in [3.05, 3.63) is 34.4 Å². The summed E-state index contributed by atoms with van der Waals surface area (Å²) in [6.07, 6.45) is 1.04. The lowest BCUT2D eigenvalue weighted by Crippen LogP contribution is -2.26. The molecule has 1 aliphatic rings. The van der Waals surface area contributed by atoms with Gasteiger partial charge in [-0.1, -0.05) is 6.07 Å². The second kappa shape index (κ2) is 5.14. The van der Waals surface area contributed by atoms with Crippen molar-refractivity contribution in [2.75, 3.05) is 18.5 Å². The molecule has 1 N–H and O–H groups in total. The Balaban J connectivity index is 2.02. The smallest absolute Gasteiger partial charge is 0.271 e. The summed E-state index contributed by atoms with van der Waals surface area (Å²) in [7, 11) is 0. The van der Waals surface area contributed by atoms with Crippen LogP contribution in [0.4, 0.5) is 11.4 Å². The molecule has 0 aliphatic carbocycles. The van der Waals surface area contributed by atoms with Crippen LogP contribution in [0.25, 0.3) is 0 Å². The van der Waals surface area contributed by atoms with Gasteiger partial charge in [0.25, 0.3) is 5.69 Å². The fourth-order valence-electron chi connectivity index (χ4n) is 2.04. The minimum atomic E-state index is -0.380. The molecule has 0 spiro atoms. The summed E-state index contributed by atoms with van der Waals surface area (Å²) in [5, 5.41) is 13.9. The Hall–Kier alpha value is -1.62. The number of hydrogen-bond acceptors (Lipinski definition) is 4. The maximum absolute atomic E-state index is 10.7. The third-order valence-electron chi connectivity index (χ3n) is 3.12. The molecule has 5 nitrogen and oxygen atoms in total. The van der Waals surface area contributed by atoms with Crippen LogP contribution >= 0.6 is 0 Å². The number of rotatable bonds is 4. The predicted octanol–water partition coefficient (Wildman–Crippen LogP) is 2.43. The molecule has 1 aromatic rings. The SMILES string of the molecule is CC(Nc1cccc([N+](=O)[O-])c1)C1CCOC1. The highest BCUT2D eigenvalue weighted by Gasteiger charge is 2.22. The molecule has 92 valence electrons. The Morgan fingerprint density at radius 3 is 3.06 bits per heavy atom. The van der Waals surface area contributed by atoms with Gasteiger partial charge >= 0.3 is 0 Å². The quantitative estimate of drug-likeness (QED) is 0.644. The van der Waals surface area contributed by atoms with Gasteiger partial charge in [0, 0.05) is 36.4 Å². The van der Waals surface area contributed by atoms with Gasteiger partial charge in [-0.25, -0.2) is 0 Å². The van der Waals surface area contributed by atoms with Crippen LogP contribution in [0, 0.1) is 16.0 Å².